The van der Waals surface area contributed by atoms with E-state index >= 15 is 0 Å². The van der Waals surface area contributed by atoms with E-state index in [2.05, 4.69) is 44.2 Å². The Kier molecular flexibility index (Phi) is 27.1. The summed E-state index contributed by atoms with van der Waals surface area (Å²) in [5.41, 5.74) is 4.53. The second kappa shape index (κ2) is 17.2. The molecule has 0 amide bonds. The summed E-state index contributed by atoms with van der Waals surface area (Å²) in [4.78, 5) is 0. The van der Waals surface area contributed by atoms with Gasteiger partial charge in [-0.2, -0.15) is 6.92 Å². The van der Waals surface area contributed by atoms with Crippen LogP contribution in [0, 0.1) is 76.6 Å². The minimum atomic E-state index is 0. The molecule has 95 valence electrons. The predicted octanol–water partition coefficient (Wildman–Crippen LogP) is 4.71. The Hall–Kier alpha value is 2.17. The number of hydrogen-bond acceptors (Lipinski definition) is 0. The Morgan fingerprint density at radius 1 is 1.06 bits per heavy atom. The summed E-state index contributed by atoms with van der Waals surface area (Å²) < 4.78 is 0. The first-order chi connectivity index (χ1) is 6.90. The van der Waals surface area contributed by atoms with E-state index in [1.807, 2.05) is 0 Å². The van der Waals surface area contributed by atoms with Gasteiger partial charge in [-0.15, -0.1) is 0 Å². The van der Waals surface area contributed by atoms with Crippen LogP contribution in [0.2, 0.25) is 0 Å². The van der Waals surface area contributed by atoms with E-state index in [1.54, 1.807) is 12.5 Å². The third kappa shape index (κ3) is 9.17. The van der Waals surface area contributed by atoms with E-state index in [0.717, 1.165) is 0 Å². The number of hydrogen-bond donors (Lipinski definition) is 0. The van der Waals surface area contributed by atoms with Crippen LogP contribution < -0.4 is 0 Å². The molecule has 1 aliphatic rings. The molecule has 18 heavy (non-hydrogen) atoms. The maximum absolute atomic E-state index is 3.25. The predicted molar refractivity (Wildman–Crippen MR) is 70.5 cm³/mol. The van der Waals surface area contributed by atoms with Crippen molar-refractivity contribution in [2.45, 2.75) is 33.1 Å². The Morgan fingerprint density at radius 3 is 2.17 bits per heavy atom. The minimum absolute atomic E-state index is 0. The third-order valence-electron chi connectivity index (χ3n) is 2.58. The van der Waals surface area contributed by atoms with Crippen molar-refractivity contribution in [3.63, 3.8) is 0 Å². The molecule has 0 saturated heterocycles. The largest absolute Gasteiger partial charge is 0.358 e. The molecular formula is C15H22U2Y-2. The first-order valence-corrected chi connectivity index (χ1v) is 5.38. The zero-order valence-corrected chi connectivity index (χ0v) is 23.0. The maximum Gasteiger partial charge on any atom is 0 e. The second-order valence-electron chi connectivity index (χ2n) is 3.35. The van der Waals surface area contributed by atoms with Gasteiger partial charge in [-0.05, 0) is 30.4 Å². The van der Waals surface area contributed by atoms with Crippen LogP contribution in [0.15, 0.2) is 29.8 Å². The van der Waals surface area contributed by atoms with Crippen molar-refractivity contribution in [2.24, 2.45) is 0 Å². The quantitative estimate of drug-likeness (QED) is 0.364. The van der Waals surface area contributed by atoms with Crippen molar-refractivity contribution in [1.82, 2.24) is 0 Å². The van der Waals surface area contributed by atoms with E-state index in [0.29, 0.717) is 0 Å². The summed E-state index contributed by atoms with van der Waals surface area (Å²) in [6, 6.07) is 8.69. The Bertz CT molecular complexity index is 322. The van der Waals surface area contributed by atoms with Crippen molar-refractivity contribution in [3.8, 4) is 0 Å². The molecule has 1 aromatic rings. The van der Waals surface area contributed by atoms with Gasteiger partial charge in [0, 0.05) is 94.9 Å². The molecule has 0 heterocycles. The van der Waals surface area contributed by atoms with Gasteiger partial charge in [-0.25, -0.2) is 0 Å². The molecule has 0 aromatic heterocycles. The molecule has 0 spiro atoms. The molecule has 3 heteroatoms. The van der Waals surface area contributed by atoms with Crippen LogP contribution >= 0.6 is 0 Å². The van der Waals surface area contributed by atoms with Crippen LogP contribution in [0.25, 0.3) is 6.08 Å². The maximum atomic E-state index is 3.25. The van der Waals surface area contributed by atoms with E-state index in [1.165, 1.54) is 30.4 Å². The Balaban J connectivity index is -0.000000156. The molecule has 0 unspecified atom stereocenters. The summed E-state index contributed by atoms with van der Waals surface area (Å²) in [6.45, 7) is 7.24. The van der Waals surface area contributed by atoms with Crippen LogP contribution in [0.4, 0.5) is 0 Å². The SMILES string of the molecule is CCC1=Cc2ccccc2CC1.[CH2-]C.[CH3-].[U].[U].[Y]. The van der Waals surface area contributed by atoms with Crippen LogP contribution in [-0.2, 0) is 39.1 Å². The van der Waals surface area contributed by atoms with Gasteiger partial charge in [-0.1, -0.05) is 42.8 Å². The van der Waals surface area contributed by atoms with Crippen molar-refractivity contribution in [3.05, 3.63) is 55.3 Å². The molecule has 0 bridgehead atoms. The summed E-state index contributed by atoms with van der Waals surface area (Å²) >= 11 is 0. The molecule has 1 aromatic carbocycles. The van der Waals surface area contributed by atoms with Crippen LogP contribution in [-0.4, -0.2) is 0 Å². The number of rotatable bonds is 1. The van der Waals surface area contributed by atoms with Crippen LogP contribution in [0.3, 0.4) is 0 Å². The fourth-order valence-electron chi connectivity index (χ4n) is 1.77. The van der Waals surface area contributed by atoms with Crippen molar-refractivity contribution >= 4 is 6.08 Å². The molecule has 0 N–H and O–H groups in total. The van der Waals surface area contributed by atoms with Gasteiger partial charge in [0.1, 0.15) is 0 Å². The number of allylic oxidation sites excluding steroid dienone is 1. The fraction of sp³-hybridized carbons (Fsp3) is 0.333. The summed E-state index contributed by atoms with van der Waals surface area (Å²) in [5.74, 6) is 0. The van der Waals surface area contributed by atoms with Gasteiger partial charge >= 0.3 is 0 Å². The first-order valence-electron chi connectivity index (χ1n) is 5.38. The van der Waals surface area contributed by atoms with Gasteiger partial charge in [0.15, 0.2) is 0 Å². The van der Waals surface area contributed by atoms with Crippen LogP contribution in [0.5, 0.6) is 0 Å². The number of aryl methyl sites for hydroxylation is 1. The number of fused-ring (bicyclic) bond motifs is 1. The standard InChI is InChI=1S/C12H14.C2H5.CH3.2U.Y/c1-2-10-7-8-11-5-3-4-6-12(11)9-10;1-2;;;;/h3-6,9H,2,7-8H2,1H3;1H2,2H3;1H3;;;/q;2*-1;;;. The third-order valence-corrected chi connectivity index (χ3v) is 2.58. The number of benzene rings is 1. The monoisotopic (exact) mass is 767 g/mol. The molecule has 2 rings (SSSR count). The van der Waals surface area contributed by atoms with E-state index in [9.17, 15) is 0 Å². The fourth-order valence-corrected chi connectivity index (χ4v) is 1.77. The molecule has 0 aliphatic heterocycles. The van der Waals surface area contributed by atoms with Gasteiger partial charge in [0.25, 0.3) is 0 Å². The molecule has 1 aliphatic carbocycles. The Labute approximate surface area is 186 Å². The van der Waals surface area contributed by atoms with E-state index in [-0.39, 0.29) is 102 Å². The summed E-state index contributed by atoms with van der Waals surface area (Å²) in [5, 5.41) is 0. The zero-order chi connectivity index (χ0) is 10.4. The molecular weight excluding hydrogens is 745 g/mol. The van der Waals surface area contributed by atoms with E-state index < -0.39 is 0 Å². The molecule has 0 fully saturated rings. The second-order valence-corrected chi connectivity index (χ2v) is 3.35. The summed E-state index contributed by atoms with van der Waals surface area (Å²) in [7, 11) is 0. The van der Waals surface area contributed by atoms with Gasteiger partial charge in [-0.3, -0.25) is 0 Å². The van der Waals surface area contributed by atoms with Crippen molar-refractivity contribution in [2.75, 3.05) is 0 Å². The molecule has 0 atom stereocenters. The molecule has 1 radical (unpaired) electrons. The van der Waals surface area contributed by atoms with Gasteiger partial charge < -0.3 is 14.4 Å². The topological polar surface area (TPSA) is 0 Å². The zero-order valence-electron chi connectivity index (χ0n) is 11.8. The Morgan fingerprint density at radius 2 is 1.61 bits per heavy atom. The molecule has 0 saturated carbocycles. The van der Waals surface area contributed by atoms with Crippen molar-refractivity contribution in [1.29, 1.82) is 0 Å². The average molecular weight is 767 g/mol. The normalized spacial score (nSPS) is 10.5. The van der Waals surface area contributed by atoms with E-state index in [4.69, 9.17) is 0 Å². The van der Waals surface area contributed by atoms with Crippen molar-refractivity contribution < 1.29 is 94.9 Å². The van der Waals surface area contributed by atoms with Gasteiger partial charge in [0.05, 0.1) is 0 Å². The smallest absolute Gasteiger partial charge is 0 e. The molecule has 0 nitrogen and oxygen atoms in total. The van der Waals surface area contributed by atoms with Gasteiger partial charge in [0.2, 0.25) is 0 Å². The van der Waals surface area contributed by atoms with Crippen LogP contribution in [0.1, 0.15) is 37.8 Å². The average Bonchev–Trinajstić information content (AvgIpc) is 2.31. The first kappa shape index (κ1) is 28.3. The summed E-state index contributed by atoms with van der Waals surface area (Å²) in [6.07, 6.45) is 6.04. The minimum Gasteiger partial charge on any atom is -0.358 e.